The predicted molar refractivity (Wildman–Crippen MR) is 73.0 cm³/mol. The third-order valence-electron chi connectivity index (χ3n) is 3.21. The van der Waals surface area contributed by atoms with E-state index in [-0.39, 0.29) is 12.5 Å². The van der Waals surface area contributed by atoms with Crippen LogP contribution in [0.5, 0.6) is 5.75 Å². The van der Waals surface area contributed by atoms with Crippen LogP contribution >= 0.6 is 0 Å². The molecule has 19 heavy (non-hydrogen) atoms. The summed E-state index contributed by atoms with van der Waals surface area (Å²) in [6.45, 7) is 3.93. The second kappa shape index (κ2) is 6.38. The summed E-state index contributed by atoms with van der Waals surface area (Å²) in [6.07, 6.45) is 4.00. The first-order valence-electron chi connectivity index (χ1n) is 6.52. The predicted octanol–water partition coefficient (Wildman–Crippen LogP) is 1.74. The van der Waals surface area contributed by atoms with E-state index in [9.17, 15) is 9.90 Å². The van der Waals surface area contributed by atoms with Crippen LogP contribution in [0.2, 0.25) is 0 Å². The van der Waals surface area contributed by atoms with Gasteiger partial charge < -0.3 is 15.2 Å². The number of hydrogen-bond acceptors (Lipinski definition) is 3. The molecule has 0 fully saturated rings. The molecule has 4 heteroatoms. The third kappa shape index (κ3) is 3.58. The van der Waals surface area contributed by atoms with Crippen molar-refractivity contribution in [2.24, 2.45) is 0 Å². The topological polar surface area (TPSA) is 58.6 Å². The van der Waals surface area contributed by atoms with E-state index in [1.54, 1.807) is 6.08 Å². The van der Waals surface area contributed by atoms with E-state index < -0.39 is 6.10 Å². The largest absolute Gasteiger partial charge is 0.484 e. The maximum Gasteiger partial charge on any atom is 0.258 e. The van der Waals surface area contributed by atoms with Gasteiger partial charge in [-0.3, -0.25) is 4.79 Å². The first-order chi connectivity index (χ1) is 9.20. The fraction of sp³-hybridized carbons (Fsp3) is 0.400. The van der Waals surface area contributed by atoms with Gasteiger partial charge in [-0.1, -0.05) is 12.1 Å². The Morgan fingerprint density at radius 2 is 2.42 bits per heavy atom. The van der Waals surface area contributed by atoms with Gasteiger partial charge in [0.1, 0.15) is 5.75 Å². The number of ether oxygens (including phenoxy) is 1. The van der Waals surface area contributed by atoms with Crippen molar-refractivity contribution in [3.63, 3.8) is 0 Å². The second-order valence-electron chi connectivity index (χ2n) is 4.65. The van der Waals surface area contributed by atoms with Crippen LogP contribution in [0.1, 0.15) is 30.1 Å². The lowest BCUT2D eigenvalue weighted by Crippen LogP contribution is -2.28. The summed E-state index contributed by atoms with van der Waals surface area (Å²) in [5.74, 6) is 0.437. The highest BCUT2D eigenvalue weighted by Crippen LogP contribution is 2.32. The Balaban J connectivity index is 1.96. The van der Waals surface area contributed by atoms with Crippen LogP contribution in [0, 0.1) is 0 Å². The normalized spacial score (nSPS) is 17.4. The van der Waals surface area contributed by atoms with Crippen molar-refractivity contribution in [3.8, 4) is 5.75 Å². The van der Waals surface area contributed by atoms with Gasteiger partial charge in [-0.25, -0.2) is 0 Å². The van der Waals surface area contributed by atoms with Gasteiger partial charge in [-0.2, -0.15) is 0 Å². The van der Waals surface area contributed by atoms with E-state index in [1.165, 1.54) is 5.56 Å². The number of carbonyl (C=O) groups excluding carboxylic acids is 1. The molecular formula is C15H19NO3. The lowest BCUT2D eigenvalue weighted by Gasteiger charge is -2.21. The zero-order valence-electron chi connectivity index (χ0n) is 10.9. The molecular weight excluding hydrogens is 242 g/mol. The van der Waals surface area contributed by atoms with Gasteiger partial charge in [0.2, 0.25) is 0 Å². The van der Waals surface area contributed by atoms with Crippen LogP contribution in [0.25, 0.3) is 0 Å². The van der Waals surface area contributed by atoms with Gasteiger partial charge >= 0.3 is 0 Å². The van der Waals surface area contributed by atoms with Gasteiger partial charge in [0.25, 0.3) is 5.91 Å². The zero-order valence-corrected chi connectivity index (χ0v) is 10.9. The lowest BCUT2D eigenvalue weighted by molar-refractivity contribution is -0.122. The van der Waals surface area contributed by atoms with E-state index in [1.807, 2.05) is 18.2 Å². The summed E-state index contributed by atoms with van der Waals surface area (Å²) in [6, 6.07) is 5.65. The van der Waals surface area contributed by atoms with Crippen molar-refractivity contribution in [2.45, 2.75) is 25.4 Å². The molecule has 0 radical (unpaired) electrons. The Bertz CT molecular complexity index is 470. The van der Waals surface area contributed by atoms with Crippen molar-refractivity contribution in [2.75, 3.05) is 13.2 Å². The maximum absolute atomic E-state index is 11.4. The number of fused-ring (bicyclic) bond motifs is 1. The summed E-state index contributed by atoms with van der Waals surface area (Å²) in [5.41, 5.74) is 2.09. The molecule has 1 aliphatic rings. The SMILES string of the molecule is C=CCNC(=O)COc1ccc2c(c1)[C@H](O)CCC2. The zero-order chi connectivity index (χ0) is 13.7. The van der Waals surface area contributed by atoms with E-state index in [2.05, 4.69) is 11.9 Å². The maximum atomic E-state index is 11.4. The van der Waals surface area contributed by atoms with Crippen LogP contribution in [0.3, 0.4) is 0 Å². The molecule has 0 aliphatic heterocycles. The molecule has 1 aliphatic carbocycles. The standard InChI is InChI=1S/C15H19NO3/c1-2-8-16-15(18)10-19-12-7-6-11-4-3-5-14(17)13(11)9-12/h2,6-7,9,14,17H,1,3-5,8,10H2,(H,16,18)/t14-/m1/s1. The van der Waals surface area contributed by atoms with Gasteiger partial charge in [0, 0.05) is 6.54 Å². The summed E-state index contributed by atoms with van der Waals surface area (Å²) in [7, 11) is 0. The number of hydrogen-bond donors (Lipinski definition) is 2. The summed E-state index contributed by atoms with van der Waals surface area (Å²) in [5, 5.41) is 12.6. The Kier molecular flexibility index (Phi) is 4.58. The fourth-order valence-corrected chi connectivity index (χ4v) is 2.23. The minimum Gasteiger partial charge on any atom is -0.484 e. The van der Waals surface area contributed by atoms with E-state index in [0.717, 1.165) is 24.8 Å². The number of aliphatic hydroxyl groups excluding tert-OH is 1. The molecule has 0 unspecified atom stereocenters. The first kappa shape index (κ1) is 13.6. The molecule has 0 bridgehead atoms. The number of aryl methyl sites for hydroxylation is 1. The summed E-state index contributed by atoms with van der Waals surface area (Å²) < 4.78 is 5.42. The van der Waals surface area contributed by atoms with Crippen molar-refractivity contribution in [1.82, 2.24) is 5.32 Å². The summed E-state index contributed by atoms with van der Waals surface area (Å²) >= 11 is 0. The van der Waals surface area contributed by atoms with E-state index in [0.29, 0.717) is 12.3 Å². The molecule has 1 atom stereocenters. The van der Waals surface area contributed by atoms with Crippen LogP contribution in [-0.2, 0) is 11.2 Å². The van der Waals surface area contributed by atoms with E-state index in [4.69, 9.17) is 4.74 Å². The van der Waals surface area contributed by atoms with Gasteiger partial charge in [-0.15, -0.1) is 6.58 Å². The molecule has 0 aromatic heterocycles. The van der Waals surface area contributed by atoms with Crippen molar-refractivity contribution in [3.05, 3.63) is 42.0 Å². The first-order valence-corrected chi connectivity index (χ1v) is 6.52. The molecule has 2 N–H and O–H groups in total. The fourth-order valence-electron chi connectivity index (χ4n) is 2.23. The Morgan fingerprint density at radius 1 is 1.58 bits per heavy atom. The van der Waals surface area contributed by atoms with Gasteiger partial charge in [-0.05, 0) is 42.5 Å². The average Bonchev–Trinajstić information content (AvgIpc) is 2.43. The smallest absolute Gasteiger partial charge is 0.258 e. The van der Waals surface area contributed by atoms with Crippen molar-refractivity contribution < 1.29 is 14.6 Å². The Hall–Kier alpha value is -1.81. The quantitative estimate of drug-likeness (QED) is 0.794. The van der Waals surface area contributed by atoms with Crippen LogP contribution in [0.4, 0.5) is 0 Å². The highest BCUT2D eigenvalue weighted by atomic mass is 16.5. The van der Waals surface area contributed by atoms with E-state index >= 15 is 0 Å². The average molecular weight is 261 g/mol. The number of amides is 1. The molecule has 1 amide bonds. The van der Waals surface area contributed by atoms with Crippen molar-refractivity contribution >= 4 is 5.91 Å². The molecule has 0 heterocycles. The molecule has 1 aromatic rings. The molecule has 0 spiro atoms. The van der Waals surface area contributed by atoms with Crippen molar-refractivity contribution in [1.29, 1.82) is 0 Å². The van der Waals surface area contributed by atoms with Crippen LogP contribution < -0.4 is 10.1 Å². The highest BCUT2D eigenvalue weighted by Gasteiger charge is 2.18. The Labute approximate surface area is 113 Å². The minimum absolute atomic E-state index is 0.0251. The van der Waals surface area contributed by atoms with Crippen LogP contribution in [-0.4, -0.2) is 24.2 Å². The highest BCUT2D eigenvalue weighted by molar-refractivity contribution is 5.77. The second-order valence-corrected chi connectivity index (χ2v) is 4.65. The van der Waals surface area contributed by atoms with Gasteiger partial charge in [0.15, 0.2) is 6.61 Å². The number of carbonyl (C=O) groups is 1. The monoisotopic (exact) mass is 261 g/mol. The molecule has 0 saturated heterocycles. The molecule has 0 saturated carbocycles. The number of nitrogens with one attached hydrogen (secondary N) is 1. The number of rotatable bonds is 5. The lowest BCUT2D eigenvalue weighted by atomic mass is 9.89. The molecule has 102 valence electrons. The Morgan fingerprint density at radius 3 is 3.21 bits per heavy atom. The van der Waals surface area contributed by atoms with Crippen LogP contribution in [0.15, 0.2) is 30.9 Å². The number of aliphatic hydroxyl groups is 1. The summed E-state index contributed by atoms with van der Waals surface area (Å²) in [4.78, 5) is 11.4. The molecule has 2 rings (SSSR count). The molecule has 4 nitrogen and oxygen atoms in total. The number of benzene rings is 1. The van der Waals surface area contributed by atoms with Gasteiger partial charge in [0.05, 0.1) is 6.10 Å². The molecule has 1 aromatic carbocycles. The minimum atomic E-state index is -0.415. The third-order valence-corrected chi connectivity index (χ3v) is 3.21.